The first-order valence-corrected chi connectivity index (χ1v) is 13.0. The van der Waals surface area contributed by atoms with Crippen LogP contribution in [0.2, 0.25) is 0 Å². The summed E-state index contributed by atoms with van der Waals surface area (Å²) in [7, 11) is 1.47. The topological polar surface area (TPSA) is 125 Å². The van der Waals surface area contributed by atoms with Crippen LogP contribution >= 0.6 is 11.8 Å². The average molecular weight is 537 g/mol. The number of ether oxygens (including phenoxy) is 2. The Kier molecular flexibility index (Phi) is 9.17. The van der Waals surface area contributed by atoms with Crippen molar-refractivity contribution in [3.8, 4) is 5.75 Å². The summed E-state index contributed by atoms with van der Waals surface area (Å²) in [6.45, 7) is 3.49. The highest BCUT2D eigenvalue weighted by molar-refractivity contribution is 7.99. The van der Waals surface area contributed by atoms with Crippen LogP contribution in [0.25, 0.3) is 10.9 Å². The zero-order valence-corrected chi connectivity index (χ0v) is 21.9. The van der Waals surface area contributed by atoms with Gasteiger partial charge in [0.2, 0.25) is 5.91 Å². The molecule has 0 aliphatic rings. The molecular weight excluding hydrogens is 508 g/mol. The van der Waals surface area contributed by atoms with Crippen molar-refractivity contribution in [1.29, 1.82) is 0 Å². The second-order valence-corrected chi connectivity index (χ2v) is 9.04. The fraction of sp³-hybridized carbons (Fsp3) is 0.259. The molecule has 38 heavy (non-hydrogen) atoms. The normalized spacial score (nSPS) is 10.9. The number of fused-ring (bicyclic) bond motifs is 1. The van der Waals surface area contributed by atoms with Gasteiger partial charge >= 0.3 is 0 Å². The molecule has 0 aliphatic heterocycles. The molecule has 2 heterocycles. The number of hydrogen-bond donors (Lipinski definition) is 2. The van der Waals surface area contributed by atoms with E-state index in [1.807, 2.05) is 13.0 Å². The third-order valence-electron chi connectivity index (χ3n) is 5.51. The van der Waals surface area contributed by atoms with E-state index in [2.05, 4.69) is 15.6 Å². The summed E-state index contributed by atoms with van der Waals surface area (Å²) in [5, 5.41) is 6.54. The Balaban J connectivity index is 1.44. The second kappa shape index (κ2) is 12.9. The summed E-state index contributed by atoms with van der Waals surface area (Å²) in [5.74, 6) is -0.130. The van der Waals surface area contributed by atoms with Crippen molar-refractivity contribution in [2.75, 3.05) is 36.7 Å². The summed E-state index contributed by atoms with van der Waals surface area (Å²) in [6, 6.07) is 15.2. The summed E-state index contributed by atoms with van der Waals surface area (Å²) in [6.07, 6.45) is 2.06. The Hall–Kier alpha value is -4.09. The largest absolute Gasteiger partial charge is 0.494 e. The number of methoxy groups -OCH3 is 1. The molecule has 2 aromatic carbocycles. The molecule has 4 aromatic rings. The van der Waals surface area contributed by atoms with Crippen molar-refractivity contribution in [3.63, 3.8) is 0 Å². The number of carbonyl (C=O) groups excluding carboxylic acids is 2. The summed E-state index contributed by atoms with van der Waals surface area (Å²) < 4.78 is 17.5. The van der Waals surface area contributed by atoms with Gasteiger partial charge in [-0.2, -0.15) is 0 Å². The van der Waals surface area contributed by atoms with Crippen molar-refractivity contribution < 1.29 is 23.5 Å². The number of anilines is 2. The monoisotopic (exact) mass is 536 g/mol. The van der Waals surface area contributed by atoms with Gasteiger partial charge in [0, 0.05) is 31.5 Å². The number of benzene rings is 2. The highest BCUT2D eigenvalue weighted by Gasteiger charge is 2.15. The van der Waals surface area contributed by atoms with Gasteiger partial charge in [-0.1, -0.05) is 23.9 Å². The zero-order valence-electron chi connectivity index (χ0n) is 21.1. The lowest BCUT2D eigenvalue weighted by molar-refractivity contribution is -0.113. The van der Waals surface area contributed by atoms with Gasteiger partial charge in [-0.25, -0.2) is 4.98 Å². The Labute approximate surface area is 223 Å². The molecule has 0 saturated carbocycles. The number of para-hydroxylation sites is 1. The Bertz CT molecular complexity index is 1470. The van der Waals surface area contributed by atoms with Crippen LogP contribution in [0.5, 0.6) is 5.75 Å². The van der Waals surface area contributed by atoms with Gasteiger partial charge in [0.15, 0.2) is 10.9 Å². The smallest absolute Gasteiger partial charge is 0.291 e. The molecule has 0 bridgehead atoms. The van der Waals surface area contributed by atoms with E-state index in [0.29, 0.717) is 59.4 Å². The van der Waals surface area contributed by atoms with Crippen LogP contribution in [-0.4, -0.2) is 47.4 Å². The number of hydrogen-bond acceptors (Lipinski definition) is 8. The number of furan rings is 1. The first kappa shape index (κ1) is 27.0. The van der Waals surface area contributed by atoms with Crippen LogP contribution < -0.4 is 20.9 Å². The van der Waals surface area contributed by atoms with Crippen molar-refractivity contribution in [3.05, 3.63) is 77.0 Å². The van der Waals surface area contributed by atoms with Crippen LogP contribution in [0.15, 0.2) is 75.2 Å². The van der Waals surface area contributed by atoms with Crippen LogP contribution in [0.4, 0.5) is 11.4 Å². The highest BCUT2D eigenvalue weighted by atomic mass is 32.2. The van der Waals surface area contributed by atoms with Gasteiger partial charge in [-0.3, -0.25) is 19.0 Å². The van der Waals surface area contributed by atoms with Gasteiger partial charge in [-0.05, 0) is 49.7 Å². The van der Waals surface area contributed by atoms with E-state index in [9.17, 15) is 14.4 Å². The van der Waals surface area contributed by atoms with Crippen LogP contribution in [0, 0.1) is 0 Å². The van der Waals surface area contributed by atoms with Crippen molar-refractivity contribution in [2.45, 2.75) is 25.0 Å². The van der Waals surface area contributed by atoms with Gasteiger partial charge in [0.05, 0.1) is 35.7 Å². The molecule has 4 rings (SSSR count). The maximum atomic E-state index is 13.1. The molecule has 0 spiro atoms. The average Bonchev–Trinajstić information content (AvgIpc) is 3.47. The Morgan fingerprint density at radius 2 is 1.95 bits per heavy atom. The van der Waals surface area contributed by atoms with E-state index in [1.54, 1.807) is 53.1 Å². The molecule has 198 valence electrons. The van der Waals surface area contributed by atoms with Crippen molar-refractivity contribution in [2.24, 2.45) is 0 Å². The van der Waals surface area contributed by atoms with Gasteiger partial charge in [0.1, 0.15) is 5.75 Å². The van der Waals surface area contributed by atoms with Gasteiger partial charge in [0.25, 0.3) is 11.5 Å². The predicted octanol–water partition coefficient (Wildman–Crippen LogP) is 4.41. The maximum absolute atomic E-state index is 13.1. The van der Waals surface area contributed by atoms with E-state index >= 15 is 0 Å². The van der Waals surface area contributed by atoms with E-state index < -0.39 is 5.91 Å². The molecule has 0 aliphatic carbocycles. The molecule has 11 heteroatoms. The summed E-state index contributed by atoms with van der Waals surface area (Å²) in [4.78, 5) is 42.8. The first-order valence-electron chi connectivity index (χ1n) is 12.0. The third kappa shape index (κ3) is 6.61. The standard InChI is InChI=1S/C27H28N4O6S/c1-3-36-14-7-13-31-26(34)19-8-4-5-9-20(19)30-27(31)38-17-24(32)28-18-11-12-21(23(16-18)35-2)29-25(33)22-10-6-15-37-22/h4-6,8-12,15-16H,3,7,13-14,17H2,1-2H3,(H,28,32)(H,29,33). The number of aromatic nitrogens is 2. The second-order valence-electron chi connectivity index (χ2n) is 8.10. The van der Waals surface area contributed by atoms with Crippen LogP contribution in [0.1, 0.15) is 23.9 Å². The van der Waals surface area contributed by atoms with E-state index in [1.165, 1.54) is 25.1 Å². The number of nitrogens with one attached hydrogen (secondary N) is 2. The minimum absolute atomic E-state index is 0.0372. The maximum Gasteiger partial charge on any atom is 0.291 e. The third-order valence-corrected chi connectivity index (χ3v) is 6.49. The van der Waals surface area contributed by atoms with E-state index in [-0.39, 0.29) is 23.0 Å². The van der Waals surface area contributed by atoms with E-state index in [4.69, 9.17) is 13.9 Å². The number of nitrogens with zero attached hydrogens (tertiary/aromatic N) is 2. The van der Waals surface area contributed by atoms with Crippen molar-refractivity contribution in [1.82, 2.24) is 9.55 Å². The minimum Gasteiger partial charge on any atom is -0.494 e. The summed E-state index contributed by atoms with van der Waals surface area (Å²) in [5.41, 5.74) is 1.35. The van der Waals surface area contributed by atoms with Gasteiger partial charge in [-0.15, -0.1) is 0 Å². The first-order chi connectivity index (χ1) is 18.5. The molecule has 0 radical (unpaired) electrons. The molecular formula is C27H28N4O6S. The lowest BCUT2D eigenvalue weighted by Crippen LogP contribution is -2.25. The summed E-state index contributed by atoms with van der Waals surface area (Å²) >= 11 is 1.19. The highest BCUT2D eigenvalue weighted by Crippen LogP contribution is 2.29. The fourth-order valence-electron chi connectivity index (χ4n) is 3.72. The van der Waals surface area contributed by atoms with Gasteiger partial charge < -0.3 is 24.5 Å². The number of rotatable bonds is 12. The predicted molar refractivity (Wildman–Crippen MR) is 146 cm³/mol. The minimum atomic E-state index is -0.420. The molecule has 2 aromatic heterocycles. The lowest BCUT2D eigenvalue weighted by atomic mass is 10.2. The Morgan fingerprint density at radius 3 is 2.71 bits per heavy atom. The SMILES string of the molecule is CCOCCCn1c(SCC(=O)Nc2ccc(NC(=O)c3ccco3)c(OC)c2)nc2ccccc2c1=O. The lowest BCUT2D eigenvalue weighted by Gasteiger charge is -2.14. The number of amides is 2. The quantitative estimate of drug-likeness (QED) is 0.155. The molecule has 0 unspecified atom stereocenters. The number of carbonyl (C=O) groups is 2. The molecule has 0 fully saturated rings. The fourth-order valence-corrected chi connectivity index (χ4v) is 4.54. The zero-order chi connectivity index (χ0) is 26.9. The van der Waals surface area contributed by atoms with Crippen LogP contribution in [0.3, 0.4) is 0 Å². The van der Waals surface area contributed by atoms with Crippen LogP contribution in [-0.2, 0) is 16.1 Å². The molecule has 10 nitrogen and oxygen atoms in total. The van der Waals surface area contributed by atoms with Crippen molar-refractivity contribution >= 4 is 45.9 Å². The molecule has 0 atom stereocenters. The van der Waals surface area contributed by atoms with E-state index in [0.717, 1.165) is 0 Å². The molecule has 0 saturated heterocycles. The molecule has 2 amide bonds. The Morgan fingerprint density at radius 1 is 1.11 bits per heavy atom. The molecule has 2 N–H and O–H groups in total. The number of thioether (sulfide) groups is 1.